The number of halogens is 2. The Bertz CT molecular complexity index is 1170. The van der Waals surface area contributed by atoms with Crippen LogP contribution in [0.15, 0.2) is 59.7 Å². The summed E-state index contributed by atoms with van der Waals surface area (Å²) in [5.41, 5.74) is 1.54. The fourth-order valence-electron chi connectivity index (χ4n) is 3.20. The van der Waals surface area contributed by atoms with Crippen LogP contribution in [-0.2, 0) is 6.54 Å². The summed E-state index contributed by atoms with van der Waals surface area (Å²) in [5, 5.41) is 0. The van der Waals surface area contributed by atoms with Gasteiger partial charge in [0.2, 0.25) is 0 Å². The molecule has 1 aliphatic rings. The van der Waals surface area contributed by atoms with Crippen molar-refractivity contribution >= 4 is 17.4 Å². The molecular formula is C22H21F2N3O3S. The molecule has 0 spiro atoms. The van der Waals surface area contributed by atoms with Crippen LogP contribution < -0.4 is 14.3 Å². The number of aromatic nitrogens is 1. The molecule has 2 amide bonds. The van der Waals surface area contributed by atoms with Gasteiger partial charge in [-0.05, 0) is 38.5 Å². The normalized spacial score (nSPS) is 14.8. The summed E-state index contributed by atoms with van der Waals surface area (Å²) in [6.45, 7) is 6.18. The molecular weight excluding hydrogens is 424 g/mol. The lowest BCUT2D eigenvalue weighted by molar-refractivity contribution is -0.286. The first kappa shape index (κ1) is 21.0. The Kier molecular flexibility index (Phi) is 5.53. The van der Waals surface area contributed by atoms with Crippen LogP contribution in [0.4, 0.5) is 13.6 Å². The van der Waals surface area contributed by atoms with Crippen molar-refractivity contribution in [3.63, 3.8) is 0 Å². The second-order valence-corrected chi connectivity index (χ2v) is 8.61. The first-order valence-corrected chi connectivity index (χ1v) is 10.5. The van der Waals surface area contributed by atoms with Crippen LogP contribution >= 0.6 is 11.3 Å². The average Bonchev–Trinajstić information content (AvgIpc) is 3.23. The van der Waals surface area contributed by atoms with Gasteiger partial charge in [0, 0.05) is 29.7 Å². The number of carbonyl (C=O) groups excluding carboxylic acids is 1. The van der Waals surface area contributed by atoms with Crippen LogP contribution in [0.25, 0.3) is 5.69 Å². The van der Waals surface area contributed by atoms with Crippen molar-refractivity contribution in [2.24, 2.45) is 4.99 Å². The number of carbonyl (C=O) groups is 1. The molecule has 0 bridgehead atoms. The molecule has 0 radical (unpaired) electrons. The lowest BCUT2D eigenvalue weighted by atomic mass is 10.2. The Morgan fingerprint density at radius 1 is 1.16 bits per heavy atom. The van der Waals surface area contributed by atoms with Gasteiger partial charge in [-0.25, -0.2) is 4.79 Å². The van der Waals surface area contributed by atoms with E-state index < -0.39 is 6.29 Å². The Balaban J connectivity index is 1.67. The van der Waals surface area contributed by atoms with Crippen LogP contribution in [0.3, 0.4) is 0 Å². The highest BCUT2D eigenvalue weighted by Gasteiger charge is 2.43. The summed E-state index contributed by atoms with van der Waals surface area (Å²) in [6.07, 6.45) is -1.89. The molecule has 31 heavy (non-hydrogen) atoms. The third-order valence-electron chi connectivity index (χ3n) is 4.69. The van der Waals surface area contributed by atoms with E-state index in [-0.39, 0.29) is 23.6 Å². The summed E-state index contributed by atoms with van der Waals surface area (Å²) in [4.78, 5) is 20.4. The Labute approximate surface area is 182 Å². The molecule has 0 N–H and O–H groups in total. The number of hydrogen-bond donors (Lipinski definition) is 0. The van der Waals surface area contributed by atoms with Crippen molar-refractivity contribution < 1.29 is 23.0 Å². The largest absolute Gasteiger partial charge is 0.586 e. The SMILES string of the molecule is Cc1cn(-c2ccc3c(c2)OC(F)(F)O3)/c(=N/C(=O)N(Cc2ccccc2)C(C)C)s1. The summed E-state index contributed by atoms with van der Waals surface area (Å²) in [6, 6.07) is 13.7. The predicted molar refractivity (Wildman–Crippen MR) is 113 cm³/mol. The standard InChI is InChI=1S/C22H21F2N3O3S/c1-14(2)26(13-16-7-5-4-6-8-16)20(28)25-21-27(12-15(3)31-21)17-9-10-18-19(11-17)30-22(23,24)29-18/h4-12,14H,13H2,1-3H3/b25-21-. The molecule has 1 aliphatic heterocycles. The number of amides is 2. The Hall–Kier alpha value is -3.20. The molecule has 2 aromatic carbocycles. The van der Waals surface area contributed by atoms with Gasteiger partial charge >= 0.3 is 12.3 Å². The zero-order chi connectivity index (χ0) is 22.2. The number of urea groups is 1. The summed E-state index contributed by atoms with van der Waals surface area (Å²) in [7, 11) is 0. The number of ether oxygens (including phenoxy) is 2. The van der Waals surface area contributed by atoms with Crippen LogP contribution in [0.2, 0.25) is 0 Å². The van der Waals surface area contributed by atoms with Gasteiger partial charge in [-0.1, -0.05) is 30.3 Å². The highest BCUT2D eigenvalue weighted by atomic mass is 32.1. The average molecular weight is 445 g/mol. The third kappa shape index (κ3) is 4.61. The monoisotopic (exact) mass is 445 g/mol. The van der Waals surface area contributed by atoms with Crippen molar-refractivity contribution in [1.29, 1.82) is 0 Å². The second kappa shape index (κ2) is 8.14. The molecule has 0 unspecified atom stereocenters. The van der Waals surface area contributed by atoms with E-state index in [1.165, 1.54) is 23.5 Å². The zero-order valence-corrected chi connectivity index (χ0v) is 18.0. The number of fused-ring (bicyclic) bond motifs is 1. The lowest BCUT2D eigenvalue weighted by Crippen LogP contribution is -2.35. The van der Waals surface area contributed by atoms with E-state index in [2.05, 4.69) is 14.5 Å². The van der Waals surface area contributed by atoms with E-state index in [0.29, 0.717) is 17.0 Å². The number of aryl methyl sites for hydroxylation is 1. The molecule has 6 nitrogen and oxygen atoms in total. The molecule has 0 atom stereocenters. The van der Waals surface area contributed by atoms with E-state index in [4.69, 9.17) is 0 Å². The van der Waals surface area contributed by atoms with Crippen LogP contribution in [0.1, 0.15) is 24.3 Å². The molecule has 3 aromatic rings. The number of alkyl halides is 2. The fourth-order valence-corrected chi connectivity index (χ4v) is 4.03. The van der Waals surface area contributed by atoms with E-state index in [1.54, 1.807) is 21.7 Å². The molecule has 0 saturated heterocycles. The Morgan fingerprint density at radius 3 is 2.58 bits per heavy atom. The first-order valence-electron chi connectivity index (χ1n) is 9.70. The number of nitrogens with zero attached hydrogens (tertiary/aromatic N) is 3. The molecule has 4 rings (SSSR count). The minimum Gasteiger partial charge on any atom is -0.395 e. The third-order valence-corrected chi connectivity index (χ3v) is 5.59. The predicted octanol–water partition coefficient (Wildman–Crippen LogP) is 5.10. The maximum atomic E-state index is 13.4. The van der Waals surface area contributed by atoms with Gasteiger partial charge in [0.05, 0.1) is 5.69 Å². The molecule has 0 aliphatic carbocycles. The summed E-state index contributed by atoms with van der Waals surface area (Å²) in [5.74, 6) is -0.103. The van der Waals surface area contributed by atoms with Crippen LogP contribution in [0.5, 0.6) is 11.5 Å². The number of thiazole rings is 1. The minimum absolute atomic E-state index is 0.0373. The topological polar surface area (TPSA) is 56.1 Å². The number of benzene rings is 2. The molecule has 162 valence electrons. The fraction of sp³-hybridized carbons (Fsp3) is 0.273. The van der Waals surface area contributed by atoms with Gasteiger partial charge in [-0.3, -0.25) is 4.57 Å². The zero-order valence-electron chi connectivity index (χ0n) is 17.2. The highest BCUT2D eigenvalue weighted by molar-refractivity contribution is 7.09. The molecule has 9 heteroatoms. The van der Waals surface area contributed by atoms with E-state index in [9.17, 15) is 13.6 Å². The van der Waals surface area contributed by atoms with E-state index >= 15 is 0 Å². The quantitative estimate of drug-likeness (QED) is 0.562. The van der Waals surface area contributed by atoms with Crippen molar-refractivity contribution in [1.82, 2.24) is 9.47 Å². The minimum atomic E-state index is -3.69. The smallest absolute Gasteiger partial charge is 0.395 e. The van der Waals surface area contributed by atoms with Gasteiger partial charge in [0.15, 0.2) is 16.3 Å². The van der Waals surface area contributed by atoms with E-state index in [1.807, 2.05) is 51.1 Å². The van der Waals surface area contributed by atoms with Crippen molar-refractivity contribution in [3.05, 3.63) is 70.0 Å². The van der Waals surface area contributed by atoms with E-state index in [0.717, 1.165) is 10.4 Å². The van der Waals surface area contributed by atoms with Crippen molar-refractivity contribution in [3.8, 4) is 17.2 Å². The van der Waals surface area contributed by atoms with Gasteiger partial charge in [0.1, 0.15) is 0 Å². The molecule has 0 fully saturated rings. The van der Waals surface area contributed by atoms with Crippen LogP contribution in [0, 0.1) is 6.92 Å². The molecule has 2 heterocycles. The van der Waals surface area contributed by atoms with Crippen LogP contribution in [-0.4, -0.2) is 27.8 Å². The maximum Gasteiger partial charge on any atom is 0.586 e. The highest BCUT2D eigenvalue weighted by Crippen LogP contribution is 2.41. The summed E-state index contributed by atoms with van der Waals surface area (Å²) >= 11 is 1.33. The Morgan fingerprint density at radius 2 is 1.87 bits per heavy atom. The maximum absolute atomic E-state index is 13.4. The van der Waals surface area contributed by atoms with Gasteiger partial charge in [0.25, 0.3) is 0 Å². The lowest BCUT2D eigenvalue weighted by Gasteiger charge is -2.24. The van der Waals surface area contributed by atoms with Gasteiger partial charge in [-0.2, -0.15) is 4.99 Å². The van der Waals surface area contributed by atoms with Gasteiger partial charge < -0.3 is 14.4 Å². The van der Waals surface area contributed by atoms with Crippen molar-refractivity contribution in [2.45, 2.75) is 39.7 Å². The number of rotatable bonds is 4. The van der Waals surface area contributed by atoms with Crippen molar-refractivity contribution in [2.75, 3.05) is 0 Å². The number of hydrogen-bond acceptors (Lipinski definition) is 4. The second-order valence-electron chi connectivity index (χ2n) is 7.39. The molecule has 0 saturated carbocycles. The summed E-state index contributed by atoms with van der Waals surface area (Å²) < 4.78 is 37.4. The molecule has 1 aromatic heterocycles. The first-order chi connectivity index (χ1) is 14.7. The van der Waals surface area contributed by atoms with Gasteiger partial charge in [-0.15, -0.1) is 20.1 Å².